The normalized spacial score (nSPS) is 10.8. The van der Waals surface area contributed by atoms with Gasteiger partial charge in [0.25, 0.3) is 0 Å². The van der Waals surface area contributed by atoms with Gasteiger partial charge < -0.3 is 4.74 Å². The van der Waals surface area contributed by atoms with E-state index in [1.807, 2.05) is 48.5 Å². The fourth-order valence-corrected chi connectivity index (χ4v) is 5.64. The molecule has 188 valence electrons. The molecule has 0 aliphatic carbocycles. The van der Waals surface area contributed by atoms with Crippen molar-refractivity contribution in [1.29, 1.82) is 0 Å². The molecule has 0 amide bonds. The molecular weight excluding hydrogens is 513 g/mol. The highest BCUT2D eigenvalue weighted by Gasteiger charge is 2.21. The average Bonchev–Trinajstić information content (AvgIpc) is 3.00. The Kier molecular flexibility index (Phi) is 7.27. The van der Waals surface area contributed by atoms with Crippen LogP contribution in [-0.2, 0) is 0 Å². The van der Waals surface area contributed by atoms with Crippen molar-refractivity contribution in [2.75, 3.05) is 0 Å². The van der Waals surface area contributed by atoms with Gasteiger partial charge in [0.05, 0.1) is 0 Å². The van der Waals surface area contributed by atoms with Crippen molar-refractivity contribution in [2.45, 2.75) is 9.79 Å². The lowest BCUT2D eigenvalue weighted by molar-refractivity contribution is 0.486. The van der Waals surface area contributed by atoms with Gasteiger partial charge in [0.1, 0.15) is 11.5 Å². The average molecular weight is 539 g/mol. The summed E-state index contributed by atoms with van der Waals surface area (Å²) in [6.45, 7) is 0. The summed E-state index contributed by atoms with van der Waals surface area (Å²) in [5, 5.41) is 0. The zero-order valence-corrected chi connectivity index (χ0v) is 22.9. The van der Waals surface area contributed by atoms with E-state index in [2.05, 4.69) is 97.1 Å². The van der Waals surface area contributed by atoms with Crippen LogP contribution in [0.4, 0.5) is 0 Å². The Morgan fingerprint density at radius 1 is 0.308 bits per heavy atom. The first-order valence-corrected chi connectivity index (χ1v) is 13.7. The molecule has 0 saturated heterocycles. The van der Waals surface area contributed by atoms with Crippen LogP contribution in [0, 0.1) is 0 Å². The molecule has 0 heterocycles. The molecule has 0 aliphatic rings. The van der Waals surface area contributed by atoms with Crippen LogP contribution in [0.25, 0.3) is 44.5 Å². The van der Waals surface area contributed by atoms with Crippen molar-refractivity contribution in [3.8, 4) is 56.0 Å². The van der Waals surface area contributed by atoms with Crippen LogP contribution in [0.1, 0.15) is 0 Å². The lowest BCUT2D eigenvalue weighted by Gasteiger charge is -2.21. The van der Waals surface area contributed by atoms with Crippen molar-refractivity contribution in [3.63, 3.8) is 0 Å². The number of benzene rings is 6. The van der Waals surface area contributed by atoms with E-state index in [9.17, 15) is 0 Å². The summed E-state index contributed by atoms with van der Waals surface area (Å²) in [4.78, 5) is 1.79. The summed E-state index contributed by atoms with van der Waals surface area (Å²) in [6.07, 6.45) is 0. The molecule has 6 aromatic rings. The molecule has 0 radical (unpaired) electrons. The summed E-state index contributed by atoms with van der Waals surface area (Å²) >= 11 is 9.78. The van der Waals surface area contributed by atoms with Crippen molar-refractivity contribution < 1.29 is 4.74 Å². The molecule has 0 aliphatic heterocycles. The molecule has 1 nitrogen and oxygen atoms in total. The molecule has 3 heteroatoms. The Morgan fingerprint density at radius 2 is 0.590 bits per heavy atom. The van der Waals surface area contributed by atoms with Crippen molar-refractivity contribution in [1.82, 2.24) is 0 Å². The maximum atomic E-state index is 6.92. The van der Waals surface area contributed by atoms with Gasteiger partial charge in [0, 0.05) is 32.0 Å². The van der Waals surface area contributed by atoms with Gasteiger partial charge in [-0.3, -0.25) is 0 Å². The number of hydrogen-bond donors (Lipinski definition) is 2. The fourth-order valence-electron chi connectivity index (χ4n) is 5.01. The predicted octanol–water partition coefficient (Wildman–Crippen LogP) is 10.7. The Bertz CT molecular complexity index is 1590. The number of hydrogen-bond acceptors (Lipinski definition) is 3. The Balaban J connectivity index is 1.61. The third kappa shape index (κ3) is 5.12. The molecule has 0 unspecified atom stereocenters. The number of rotatable bonds is 6. The summed E-state index contributed by atoms with van der Waals surface area (Å²) in [5.41, 5.74) is 8.40. The van der Waals surface area contributed by atoms with Gasteiger partial charge in [0.15, 0.2) is 0 Å². The standard InChI is InChI=1S/C36H26OS2/c38-31-23-21-29(33(25-13-5-1-6-14-25)35(31)27-17-9-3-10-18-27)37-30-22-24-32(39)36(28-19-11-4-12-20-28)34(30)26-15-7-2-8-16-26/h1-24,38-39H. The van der Waals surface area contributed by atoms with Crippen LogP contribution < -0.4 is 4.74 Å². The highest BCUT2D eigenvalue weighted by molar-refractivity contribution is 7.80. The molecule has 39 heavy (non-hydrogen) atoms. The molecule has 0 aromatic heterocycles. The van der Waals surface area contributed by atoms with Crippen molar-refractivity contribution >= 4 is 25.3 Å². The van der Waals surface area contributed by atoms with E-state index in [4.69, 9.17) is 30.0 Å². The van der Waals surface area contributed by atoms with E-state index in [1.54, 1.807) is 0 Å². The maximum absolute atomic E-state index is 6.92. The Labute approximate surface area is 240 Å². The quantitative estimate of drug-likeness (QED) is 0.201. The van der Waals surface area contributed by atoms with Crippen LogP contribution in [-0.4, -0.2) is 0 Å². The van der Waals surface area contributed by atoms with Gasteiger partial charge in [-0.1, -0.05) is 121 Å². The summed E-state index contributed by atoms with van der Waals surface area (Å²) in [7, 11) is 0. The predicted molar refractivity (Wildman–Crippen MR) is 169 cm³/mol. The largest absolute Gasteiger partial charge is 0.456 e. The SMILES string of the molecule is Sc1ccc(Oc2ccc(S)c(-c3ccccc3)c2-c2ccccc2)c(-c2ccccc2)c1-c1ccccc1. The topological polar surface area (TPSA) is 9.23 Å². The Morgan fingerprint density at radius 3 is 0.897 bits per heavy atom. The summed E-state index contributed by atoms with van der Waals surface area (Å²) < 4.78 is 6.92. The summed E-state index contributed by atoms with van der Waals surface area (Å²) in [5.74, 6) is 1.53. The highest BCUT2D eigenvalue weighted by atomic mass is 32.1. The minimum absolute atomic E-state index is 0.765. The zero-order chi connectivity index (χ0) is 26.6. The number of thiol groups is 2. The Hall–Kier alpha value is -4.18. The van der Waals surface area contributed by atoms with Crippen LogP contribution in [0.15, 0.2) is 155 Å². The molecule has 0 spiro atoms. The first kappa shape index (κ1) is 25.1. The highest BCUT2D eigenvalue weighted by Crippen LogP contribution is 2.48. The minimum atomic E-state index is 0.765. The first-order chi connectivity index (χ1) is 19.2. The van der Waals surface area contributed by atoms with Gasteiger partial charge in [-0.05, 0) is 46.5 Å². The zero-order valence-electron chi connectivity index (χ0n) is 21.2. The first-order valence-electron chi connectivity index (χ1n) is 12.8. The number of ether oxygens (including phenoxy) is 1. The van der Waals surface area contributed by atoms with Crippen LogP contribution in [0.5, 0.6) is 11.5 Å². The molecule has 0 N–H and O–H groups in total. The lowest BCUT2D eigenvalue weighted by atomic mass is 9.92. The van der Waals surface area contributed by atoms with Crippen LogP contribution in [0.3, 0.4) is 0 Å². The molecule has 0 atom stereocenters. The molecule has 0 fully saturated rings. The van der Waals surface area contributed by atoms with Gasteiger partial charge >= 0.3 is 0 Å². The fraction of sp³-hybridized carbons (Fsp3) is 0. The monoisotopic (exact) mass is 538 g/mol. The van der Waals surface area contributed by atoms with E-state index in [0.717, 1.165) is 65.8 Å². The van der Waals surface area contributed by atoms with Gasteiger partial charge in [-0.2, -0.15) is 0 Å². The van der Waals surface area contributed by atoms with Gasteiger partial charge in [-0.25, -0.2) is 0 Å². The molecule has 0 saturated carbocycles. The van der Waals surface area contributed by atoms with Crippen molar-refractivity contribution in [3.05, 3.63) is 146 Å². The third-order valence-electron chi connectivity index (χ3n) is 6.76. The smallest absolute Gasteiger partial charge is 0.135 e. The van der Waals surface area contributed by atoms with E-state index in [1.165, 1.54) is 0 Å². The van der Waals surface area contributed by atoms with E-state index >= 15 is 0 Å². The molecule has 0 bridgehead atoms. The second-order valence-corrected chi connectivity index (χ2v) is 10.2. The van der Waals surface area contributed by atoms with E-state index in [-0.39, 0.29) is 0 Å². The lowest BCUT2D eigenvalue weighted by Crippen LogP contribution is -1.97. The van der Waals surface area contributed by atoms with Crippen molar-refractivity contribution in [2.24, 2.45) is 0 Å². The van der Waals surface area contributed by atoms with Crippen LogP contribution in [0.2, 0.25) is 0 Å². The molecular formula is C36H26OS2. The summed E-state index contributed by atoms with van der Waals surface area (Å²) in [6, 6.07) is 49.5. The molecule has 6 rings (SSSR count). The third-order valence-corrected chi connectivity index (χ3v) is 7.51. The second kappa shape index (κ2) is 11.3. The second-order valence-electron chi connectivity index (χ2n) is 9.23. The van der Waals surface area contributed by atoms with E-state index in [0.29, 0.717) is 0 Å². The maximum Gasteiger partial charge on any atom is 0.135 e. The van der Waals surface area contributed by atoms with Gasteiger partial charge in [0.2, 0.25) is 0 Å². The minimum Gasteiger partial charge on any atom is -0.456 e. The van der Waals surface area contributed by atoms with Crippen LogP contribution >= 0.6 is 25.3 Å². The molecule has 6 aromatic carbocycles. The van der Waals surface area contributed by atoms with E-state index < -0.39 is 0 Å². The van der Waals surface area contributed by atoms with Gasteiger partial charge in [-0.15, -0.1) is 25.3 Å².